The van der Waals surface area contributed by atoms with Crippen LogP contribution in [0.3, 0.4) is 0 Å². The van der Waals surface area contributed by atoms with E-state index in [1.807, 2.05) is 13.0 Å². The maximum Gasteiger partial charge on any atom is 0.276 e. The van der Waals surface area contributed by atoms with Crippen LogP contribution in [0.25, 0.3) is 0 Å². The molecule has 0 atom stereocenters. The molecule has 4 nitrogen and oxygen atoms in total. The van der Waals surface area contributed by atoms with Crippen LogP contribution in [0.4, 0.5) is 0 Å². The molecule has 3 rings (SSSR count). The van der Waals surface area contributed by atoms with Crippen molar-refractivity contribution in [2.45, 2.75) is 50.3 Å². The Morgan fingerprint density at radius 2 is 1.77 bits per heavy atom. The van der Waals surface area contributed by atoms with E-state index in [9.17, 15) is 8.42 Å². The molecule has 1 N–H and O–H groups in total. The molecule has 0 aromatic heterocycles. The monoisotopic (exact) mass is 318 g/mol. The highest BCUT2D eigenvalue weighted by atomic mass is 32.2. The number of benzene rings is 1. The number of rotatable bonds is 3. The van der Waals surface area contributed by atoms with Crippen LogP contribution in [0.5, 0.6) is 0 Å². The first-order chi connectivity index (χ1) is 10.5. The molecule has 2 aliphatic carbocycles. The fraction of sp³-hybridized carbons (Fsp3) is 0.471. The summed E-state index contributed by atoms with van der Waals surface area (Å²) in [7, 11) is -3.58. The molecular weight excluding hydrogens is 296 g/mol. The zero-order valence-corrected chi connectivity index (χ0v) is 13.7. The summed E-state index contributed by atoms with van der Waals surface area (Å²) in [6.07, 6.45) is 11.3. The lowest BCUT2D eigenvalue weighted by molar-refractivity contribution is 0.365. The van der Waals surface area contributed by atoms with Gasteiger partial charge in [-0.3, -0.25) is 0 Å². The molecule has 1 saturated carbocycles. The first kappa shape index (κ1) is 15.3. The second-order valence-corrected chi connectivity index (χ2v) is 8.07. The van der Waals surface area contributed by atoms with Crippen LogP contribution >= 0.6 is 0 Å². The highest BCUT2D eigenvalue weighted by Crippen LogP contribution is 2.45. The Morgan fingerprint density at radius 3 is 2.36 bits per heavy atom. The predicted molar refractivity (Wildman–Crippen MR) is 88.2 cm³/mol. The summed E-state index contributed by atoms with van der Waals surface area (Å²) < 4.78 is 24.4. The van der Waals surface area contributed by atoms with Crippen molar-refractivity contribution in [3.8, 4) is 0 Å². The van der Waals surface area contributed by atoms with Gasteiger partial charge in [0.2, 0.25) is 0 Å². The second-order valence-electron chi connectivity index (χ2n) is 6.41. The molecule has 0 bridgehead atoms. The van der Waals surface area contributed by atoms with Gasteiger partial charge in [0.15, 0.2) is 0 Å². The van der Waals surface area contributed by atoms with Gasteiger partial charge in [-0.25, -0.2) is 0 Å². The maximum atomic E-state index is 12.2. The lowest BCUT2D eigenvalue weighted by Crippen LogP contribution is -2.23. The predicted octanol–water partition coefficient (Wildman–Crippen LogP) is 3.54. The van der Waals surface area contributed by atoms with Crippen molar-refractivity contribution >= 4 is 15.7 Å². The number of hydrogen-bond acceptors (Lipinski definition) is 3. The number of hydrogen-bond donors (Lipinski definition) is 1. The average Bonchev–Trinajstić information content (AvgIpc) is 2.96. The number of aryl methyl sites for hydroxylation is 1. The molecular formula is C17H22N2O2S. The summed E-state index contributed by atoms with van der Waals surface area (Å²) in [6.45, 7) is 1.93. The van der Waals surface area contributed by atoms with Crippen LogP contribution in [0.1, 0.15) is 44.1 Å². The molecule has 0 saturated heterocycles. The lowest BCUT2D eigenvalue weighted by Gasteiger charge is -2.28. The number of hydrazone groups is 1. The van der Waals surface area contributed by atoms with Crippen molar-refractivity contribution < 1.29 is 8.42 Å². The minimum absolute atomic E-state index is 0.245. The lowest BCUT2D eigenvalue weighted by atomic mass is 9.77. The zero-order chi connectivity index (χ0) is 15.6. The Morgan fingerprint density at radius 1 is 1.09 bits per heavy atom. The van der Waals surface area contributed by atoms with E-state index in [0.29, 0.717) is 5.41 Å². The number of nitrogens with one attached hydrogen (secondary N) is 1. The van der Waals surface area contributed by atoms with Gasteiger partial charge in [-0.2, -0.15) is 18.4 Å². The third kappa shape index (κ3) is 3.24. The summed E-state index contributed by atoms with van der Waals surface area (Å²) >= 11 is 0. The normalized spacial score (nSPS) is 22.3. The molecule has 1 fully saturated rings. The van der Waals surface area contributed by atoms with Crippen molar-refractivity contribution in [1.82, 2.24) is 4.83 Å². The summed E-state index contributed by atoms with van der Waals surface area (Å²) in [6, 6.07) is 6.77. The Balaban J connectivity index is 1.70. The van der Waals surface area contributed by atoms with Crippen LogP contribution in [0.15, 0.2) is 46.4 Å². The molecule has 2 aliphatic rings. The molecule has 1 spiro atoms. The van der Waals surface area contributed by atoms with Crippen molar-refractivity contribution in [1.29, 1.82) is 0 Å². The van der Waals surface area contributed by atoms with E-state index < -0.39 is 10.0 Å². The second kappa shape index (κ2) is 5.88. The zero-order valence-electron chi connectivity index (χ0n) is 12.9. The van der Waals surface area contributed by atoms with Gasteiger partial charge in [0, 0.05) is 0 Å². The average molecular weight is 318 g/mol. The quantitative estimate of drug-likeness (QED) is 0.867. The third-order valence-electron chi connectivity index (χ3n) is 4.75. The molecule has 5 heteroatoms. The standard InChI is InChI=1S/C17H22N2O2S/c1-14-4-6-16(7-5-14)22(20,21)19-18-15-8-12-17(13-9-15)10-2-3-11-17/h4-8,12,19H,2-3,9-11,13H2,1H3. The van der Waals surface area contributed by atoms with E-state index in [1.54, 1.807) is 24.3 Å². The molecule has 0 aliphatic heterocycles. The molecule has 0 heterocycles. The van der Waals surface area contributed by atoms with Gasteiger partial charge in [-0.1, -0.05) is 36.6 Å². The number of nitrogens with zero attached hydrogens (tertiary/aromatic N) is 1. The minimum Gasteiger partial charge on any atom is -0.200 e. The van der Waals surface area contributed by atoms with Gasteiger partial charge < -0.3 is 0 Å². The van der Waals surface area contributed by atoms with E-state index in [4.69, 9.17) is 0 Å². The first-order valence-electron chi connectivity index (χ1n) is 7.84. The highest BCUT2D eigenvalue weighted by molar-refractivity contribution is 7.89. The van der Waals surface area contributed by atoms with Gasteiger partial charge >= 0.3 is 0 Å². The Kier molecular flexibility index (Phi) is 4.08. The van der Waals surface area contributed by atoms with Crippen molar-refractivity contribution in [3.63, 3.8) is 0 Å². The topological polar surface area (TPSA) is 58.5 Å². The summed E-state index contributed by atoms with van der Waals surface area (Å²) in [5.41, 5.74) is 2.20. The molecule has 0 unspecified atom stereocenters. The smallest absolute Gasteiger partial charge is 0.200 e. The molecule has 118 valence electrons. The van der Waals surface area contributed by atoms with Crippen molar-refractivity contribution in [3.05, 3.63) is 42.0 Å². The fourth-order valence-electron chi connectivity index (χ4n) is 3.29. The Labute approximate surface area is 132 Å². The number of sulfonamides is 1. The van der Waals surface area contributed by atoms with E-state index in [1.165, 1.54) is 25.7 Å². The van der Waals surface area contributed by atoms with E-state index in [-0.39, 0.29) is 4.90 Å². The molecule has 22 heavy (non-hydrogen) atoms. The SMILES string of the molecule is Cc1ccc(S(=O)(=O)NN=C2C=CC3(CCCC3)CC2)cc1. The highest BCUT2D eigenvalue weighted by Gasteiger charge is 2.33. The van der Waals surface area contributed by atoms with Crippen LogP contribution in [-0.2, 0) is 10.0 Å². The van der Waals surface area contributed by atoms with E-state index in [2.05, 4.69) is 16.0 Å². The number of allylic oxidation sites excluding steroid dienone is 2. The van der Waals surface area contributed by atoms with Gasteiger partial charge in [0.25, 0.3) is 10.0 Å². The van der Waals surface area contributed by atoms with Crippen molar-refractivity contribution in [2.24, 2.45) is 10.5 Å². The minimum atomic E-state index is -3.58. The molecule has 1 aromatic carbocycles. The summed E-state index contributed by atoms with van der Waals surface area (Å²) in [4.78, 5) is 2.60. The fourth-order valence-corrected chi connectivity index (χ4v) is 4.13. The van der Waals surface area contributed by atoms with Crippen LogP contribution in [0, 0.1) is 12.3 Å². The van der Waals surface area contributed by atoms with Crippen LogP contribution in [-0.4, -0.2) is 14.1 Å². The summed E-state index contributed by atoms with van der Waals surface area (Å²) in [5.74, 6) is 0. The van der Waals surface area contributed by atoms with Gasteiger partial charge in [-0.15, -0.1) is 0 Å². The van der Waals surface area contributed by atoms with Crippen LogP contribution in [0.2, 0.25) is 0 Å². The molecule has 0 radical (unpaired) electrons. The van der Waals surface area contributed by atoms with Gasteiger partial charge in [0.05, 0.1) is 10.6 Å². The molecule has 0 amide bonds. The third-order valence-corrected chi connectivity index (χ3v) is 5.97. The Bertz CT molecular complexity index is 697. The maximum absolute atomic E-state index is 12.2. The van der Waals surface area contributed by atoms with Gasteiger partial charge in [0.1, 0.15) is 0 Å². The largest absolute Gasteiger partial charge is 0.276 e. The Hall–Kier alpha value is -1.62. The van der Waals surface area contributed by atoms with Gasteiger partial charge in [-0.05, 0) is 56.2 Å². The molecule has 1 aromatic rings. The first-order valence-corrected chi connectivity index (χ1v) is 9.32. The van der Waals surface area contributed by atoms with E-state index >= 15 is 0 Å². The van der Waals surface area contributed by atoms with Crippen molar-refractivity contribution in [2.75, 3.05) is 0 Å². The van der Waals surface area contributed by atoms with Crippen LogP contribution < -0.4 is 4.83 Å². The summed E-state index contributed by atoms with van der Waals surface area (Å²) in [5, 5.41) is 4.10. The van der Waals surface area contributed by atoms with E-state index in [0.717, 1.165) is 24.1 Å².